The van der Waals surface area contributed by atoms with Gasteiger partial charge in [0.2, 0.25) is 18.2 Å². The molecule has 1 aromatic rings. The molecule has 268 valence electrons. The van der Waals surface area contributed by atoms with E-state index < -0.39 is 41.6 Å². The van der Waals surface area contributed by atoms with Gasteiger partial charge in [-0.2, -0.15) is 0 Å². The molecule has 1 aliphatic heterocycles. The van der Waals surface area contributed by atoms with E-state index in [4.69, 9.17) is 23.4 Å². The van der Waals surface area contributed by atoms with Gasteiger partial charge in [0, 0.05) is 19.8 Å². The average molecular weight is 705 g/mol. The number of allylic oxidation sites excluding steroid dienone is 5. The zero-order valence-corrected chi connectivity index (χ0v) is 32.3. The summed E-state index contributed by atoms with van der Waals surface area (Å²) in [7, 11) is -5.98. The van der Waals surface area contributed by atoms with Crippen molar-refractivity contribution in [1.82, 2.24) is 0 Å². The molecule has 0 amide bonds. The van der Waals surface area contributed by atoms with Crippen LogP contribution in [0.2, 0.25) is 19.6 Å². The quantitative estimate of drug-likeness (QED) is 0.0395. The molecule has 48 heavy (non-hydrogen) atoms. The van der Waals surface area contributed by atoms with Gasteiger partial charge in [0.15, 0.2) is 5.79 Å². The van der Waals surface area contributed by atoms with Crippen LogP contribution in [0.4, 0.5) is 0 Å². The van der Waals surface area contributed by atoms with Crippen molar-refractivity contribution in [2.75, 3.05) is 13.2 Å². The molecule has 1 heterocycles. The van der Waals surface area contributed by atoms with Crippen molar-refractivity contribution >= 4 is 30.1 Å². The number of benzene rings is 1. The minimum absolute atomic E-state index is 0.185. The Bertz CT molecular complexity index is 1450. The maximum absolute atomic E-state index is 13.6. The van der Waals surface area contributed by atoms with Gasteiger partial charge in [-0.05, 0) is 98.2 Å². The lowest BCUT2D eigenvalue weighted by atomic mass is 9.77. The van der Waals surface area contributed by atoms with Gasteiger partial charge in [0.25, 0.3) is 0 Å². The highest BCUT2D eigenvalue weighted by molar-refractivity contribution is 7.94. The third kappa shape index (κ3) is 14.2. The molecule has 3 atom stereocenters. The van der Waals surface area contributed by atoms with E-state index in [1.54, 1.807) is 51.1 Å². The molecule has 1 fully saturated rings. The minimum Gasteiger partial charge on any atom is -0.547 e. The molecule has 0 aromatic heterocycles. The lowest BCUT2D eigenvalue weighted by Gasteiger charge is -2.46. The lowest BCUT2D eigenvalue weighted by Crippen LogP contribution is -2.53. The van der Waals surface area contributed by atoms with Gasteiger partial charge in [-0.1, -0.05) is 48.1 Å². The largest absolute Gasteiger partial charge is 0.547 e. The first-order valence-corrected chi connectivity index (χ1v) is 21.6. The number of esters is 2. The standard InChI is InChI=1S/C37H56O9SSi/c1-11-42-35(39)37(7,23-22-28(2)18-14-12-15-19-29(3)26-43-30(4)38)34-25-31(44-36(5,6)45-34)24-32(46-48(8,9)10)27-47(40,41)33-20-16-13-17-21-33/h13-14,16-22,27,31,34H,11-12,15,23-26H2,1-10H3/b18-14+,28-22+,29-19+,32-27-/t31-,34-,37+/m1/s1. The molecule has 1 saturated heterocycles. The Kier molecular flexibility index (Phi) is 15.6. The summed E-state index contributed by atoms with van der Waals surface area (Å²) in [5, 5.41) is 1.21. The number of hydrogen-bond donors (Lipinski definition) is 0. The number of carbonyl (C=O) groups excluding carboxylic acids is 2. The number of sulfone groups is 1. The van der Waals surface area contributed by atoms with Crippen LogP contribution in [0, 0.1) is 5.41 Å². The molecule has 0 radical (unpaired) electrons. The Morgan fingerprint density at radius 3 is 2.29 bits per heavy atom. The summed E-state index contributed by atoms with van der Waals surface area (Å²) in [6, 6.07) is 8.26. The summed E-state index contributed by atoms with van der Waals surface area (Å²) in [6.45, 7) is 19.1. The van der Waals surface area contributed by atoms with Crippen LogP contribution in [-0.4, -0.2) is 59.9 Å². The van der Waals surface area contributed by atoms with Gasteiger partial charge in [-0.3, -0.25) is 9.59 Å². The summed E-state index contributed by atoms with van der Waals surface area (Å²) in [4.78, 5) is 24.8. The van der Waals surface area contributed by atoms with Gasteiger partial charge in [0.1, 0.15) is 6.61 Å². The van der Waals surface area contributed by atoms with E-state index in [9.17, 15) is 18.0 Å². The Morgan fingerprint density at radius 1 is 1.02 bits per heavy atom. The summed E-state index contributed by atoms with van der Waals surface area (Å²) in [5.41, 5.74) is 0.954. The topological polar surface area (TPSA) is 114 Å². The Labute approximate surface area is 289 Å². The van der Waals surface area contributed by atoms with Crippen LogP contribution in [0.15, 0.2) is 81.8 Å². The molecule has 11 heteroatoms. The fourth-order valence-corrected chi connectivity index (χ4v) is 7.43. The van der Waals surface area contributed by atoms with Crippen molar-refractivity contribution in [3.63, 3.8) is 0 Å². The van der Waals surface area contributed by atoms with E-state index in [-0.39, 0.29) is 29.9 Å². The summed E-state index contributed by atoms with van der Waals surface area (Å²) < 4.78 is 56.3. The van der Waals surface area contributed by atoms with E-state index in [1.165, 1.54) is 12.3 Å². The highest BCUT2D eigenvalue weighted by Crippen LogP contribution is 2.42. The van der Waals surface area contributed by atoms with Crippen molar-refractivity contribution in [3.05, 3.63) is 76.9 Å². The molecule has 0 aliphatic carbocycles. The van der Waals surface area contributed by atoms with Gasteiger partial charge in [-0.25, -0.2) is 8.42 Å². The third-order valence-corrected chi connectivity index (χ3v) is 9.97. The van der Waals surface area contributed by atoms with E-state index in [1.807, 2.05) is 52.6 Å². The summed E-state index contributed by atoms with van der Waals surface area (Å²) in [5.74, 6) is -1.39. The molecule has 9 nitrogen and oxygen atoms in total. The van der Waals surface area contributed by atoms with Crippen molar-refractivity contribution < 1.29 is 41.4 Å². The van der Waals surface area contributed by atoms with Gasteiger partial charge in [-0.15, -0.1) is 0 Å². The summed E-state index contributed by atoms with van der Waals surface area (Å²) in [6.07, 6.45) is 9.63. The molecular weight excluding hydrogens is 649 g/mol. The Morgan fingerprint density at radius 2 is 1.69 bits per heavy atom. The highest BCUT2D eigenvalue weighted by Gasteiger charge is 2.49. The maximum atomic E-state index is 13.6. The van der Waals surface area contributed by atoms with Gasteiger partial charge < -0.3 is 23.4 Å². The molecule has 0 unspecified atom stereocenters. The van der Waals surface area contributed by atoms with E-state index in [2.05, 4.69) is 12.2 Å². The zero-order valence-electron chi connectivity index (χ0n) is 30.5. The number of carbonyl (C=O) groups is 2. The molecule has 1 aromatic carbocycles. The maximum Gasteiger partial charge on any atom is 0.314 e. The fourth-order valence-electron chi connectivity index (χ4n) is 5.26. The second-order valence-electron chi connectivity index (χ2n) is 13.9. The number of ether oxygens (including phenoxy) is 4. The Hall–Kier alpha value is -2.99. The SMILES string of the molecule is CCOC(=O)[C@@](C)(C/C=C(C)/C=C/CC/C=C(\C)COC(C)=O)[C@H]1C[C@@H](C/C(=C/S(=O)(=O)c2ccccc2)O[Si](C)(C)C)OC(C)(C)O1. The number of unbranched alkanes of at least 4 members (excludes halogenated alkanes) is 1. The Balaban J connectivity index is 2.30. The molecule has 0 spiro atoms. The van der Waals surface area contributed by atoms with Crippen LogP contribution in [0.1, 0.15) is 80.6 Å². The van der Waals surface area contributed by atoms with Crippen LogP contribution in [0.5, 0.6) is 0 Å². The summed E-state index contributed by atoms with van der Waals surface area (Å²) >= 11 is 0. The van der Waals surface area contributed by atoms with Crippen LogP contribution >= 0.6 is 0 Å². The normalized spacial score (nSPS) is 20.7. The predicted molar refractivity (Wildman–Crippen MR) is 191 cm³/mol. The van der Waals surface area contributed by atoms with Gasteiger partial charge >= 0.3 is 11.9 Å². The van der Waals surface area contributed by atoms with Crippen molar-refractivity contribution in [2.45, 2.75) is 123 Å². The smallest absolute Gasteiger partial charge is 0.314 e. The van der Waals surface area contributed by atoms with E-state index in [0.29, 0.717) is 25.2 Å². The fraction of sp³-hybridized carbons (Fsp3) is 0.568. The minimum atomic E-state index is -3.77. The predicted octanol–water partition coefficient (Wildman–Crippen LogP) is 8.21. The second kappa shape index (κ2) is 18.1. The number of rotatable bonds is 17. The third-order valence-electron chi connectivity index (χ3n) is 7.59. The van der Waals surface area contributed by atoms with Crippen molar-refractivity contribution in [3.8, 4) is 0 Å². The first kappa shape index (κ1) is 41.2. The monoisotopic (exact) mass is 704 g/mol. The van der Waals surface area contributed by atoms with Crippen LogP contribution < -0.4 is 0 Å². The van der Waals surface area contributed by atoms with Crippen LogP contribution in [-0.2, 0) is 42.8 Å². The first-order chi connectivity index (χ1) is 22.3. The van der Waals surface area contributed by atoms with E-state index in [0.717, 1.165) is 24.0 Å². The molecular formula is C37H56O9SSi. The highest BCUT2D eigenvalue weighted by atomic mass is 32.2. The molecule has 0 bridgehead atoms. The molecule has 2 rings (SSSR count). The lowest BCUT2D eigenvalue weighted by molar-refractivity contribution is -0.316. The molecule has 1 aliphatic rings. The van der Waals surface area contributed by atoms with Gasteiger partial charge in [0.05, 0.1) is 40.3 Å². The van der Waals surface area contributed by atoms with Crippen LogP contribution in [0.3, 0.4) is 0 Å². The average Bonchev–Trinajstić information content (AvgIpc) is 2.97. The molecule has 0 saturated carbocycles. The van der Waals surface area contributed by atoms with E-state index >= 15 is 0 Å². The zero-order chi connectivity index (χ0) is 36.2. The first-order valence-electron chi connectivity index (χ1n) is 16.6. The second-order valence-corrected chi connectivity index (χ2v) is 20.2. The van der Waals surface area contributed by atoms with Crippen molar-refractivity contribution in [1.29, 1.82) is 0 Å². The van der Waals surface area contributed by atoms with Crippen LogP contribution in [0.25, 0.3) is 0 Å². The number of hydrogen-bond acceptors (Lipinski definition) is 9. The van der Waals surface area contributed by atoms with Crippen molar-refractivity contribution in [2.24, 2.45) is 5.41 Å². The molecule has 0 N–H and O–H groups in total.